The number of ether oxygens (including phenoxy) is 2. The van der Waals surface area contributed by atoms with Gasteiger partial charge in [0.25, 0.3) is 5.91 Å². The molecule has 0 spiro atoms. The van der Waals surface area contributed by atoms with Crippen LogP contribution in [-0.4, -0.2) is 56.5 Å². The highest BCUT2D eigenvalue weighted by Gasteiger charge is 2.25. The molecule has 0 radical (unpaired) electrons. The van der Waals surface area contributed by atoms with E-state index in [1.54, 1.807) is 29.2 Å². The lowest BCUT2D eigenvalue weighted by atomic mass is 10.1. The number of piperazine rings is 1. The van der Waals surface area contributed by atoms with Crippen molar-refractivity contribution in [2.45, 2.75) is 20.8 Å². The fourth-order valence-electron chi connectivity index (χ4n) is 3.55. The van der Waals surface area contributed by atoms with E-state index in [1.807, 2.05) is 18.7 Å². The number of halogens is 2. The van der Waals surface area contributed by atoms with Crippen molar-refractivity contribution in [3.05, 3.63) is 52.3 Å². The molecule has 3 rings (SSSR count). The minimum absolute atomic E-state index is 0.173. The smallest absolute Gasteiger partial charge is 0.254 e. The van der Waals surface area contributed by atoms with Crippen molar-refractivity contribution in [2.24, 2.45) is 5.92 Å². The SMILES string of the molecule is COc1cc(C(=O)N2CCN(c3ccc(C(C)=O)cc3F)CC2)cc(Cl)c1OCC(C)C. The lowest BCUT2D eigenvalue weighted by Crippen LogP contribution is -2.49. The van der Waals surface area contributed by atoms with E-state index in [9.17, 15) is 14.0 Å². The maximum absolute atomic E-state index is 14.5. The van der Waals surface area contributed by atoms with Crippen molar-refractivity contribution >= 4 is 29.0 Å². The van der Waals surface area contributed by atoms with Crippen molar-refractivity contribution in [3.8, 4) is 11.5 Å². The van der Waals surface area contributed by atoms with E-state index >= 15 is 0 Å². The summed E-state index contributed by atoms with van der Waals surface area (Å²) in [6.07, 6.45) is 0. The second-order valence-electron chi connectivity index (χ2n) is 8.20. The second kappa shape index (κ2) is 10.2. The van der Waals surface area contributed by atoms with Gasteiger partial charge < -0.3 is 19.3 Å². The Morgan fingerprint density at radius 1 is 1.09 bits per heavy atom. The van der Waals surface area contributed by atoms with Gasteiger partial charge in [-0.25, -0.2) is 4.39 Å². The topological polar surface area (TPSA) is 59.1 Å². The van der Waals surface area contributed by atoms with E-state index in [2.05, 4.69) is 0 Å². The van der Waals surface area contributed by atoms with Gasteiger partial charge in [-0.3, -0.25) is 9.59 Å². The minimum Gasteiger partial charge on any atom is -0.493 e. The molecule has 6 nitrogen and oxygen atoms in total. The predicted molar refractivity (Wildman–Crippen MR) is 123 cm³/mol. The lowest BCUT2D eigenvalue weighted by molar-refractivity contribution is 0.0746. The van der Waals surface area contributed by atoms with Gasteiger partial charge in [-0.05, 0) is 43.2 Å². The number of Topliss-reactive ketones (excluding diaryl/α,β-unsaturated/α-hetero) is 1. The molecule has 2 aromatic carbocycles. The van der Waals surface area contributed by atoms with E-state index in [-0.39, 0.29) is 11.7 Å². The Bertz CT molecular complexity index is 1000. The number of rotatable bonds is 7. The maximum atomic E-state index is 14.5. The highest BCUT2D eigenvalue weighted by atomic mass is 35.5. The number of carbonyl (C=O) groups is 2. The van der Waals surface area contributed by atoms with E-state index < -0.39 is 5.82 Å². The van der Waals surface area contributed by atoms with Crippen LogP contribution in [0.4, 0.5) is 10.1 Å². The van der Waals surface area contributed by atoms with Crippen LogP contribution in [0.5, 0.6) is 11.5 Å². The van der Waals surface area contributed by atoms with Crippen LogP contribution in [0.25, 0.3) is 0 Å². The molecule has 0 atom stereocenters. The number of carbonyl (C=O) groups excluding carboxylic acids is 2. The zero-order valence-electron chi connectivity index (χ0n) is 18.8. The Balaban J connectivity index is 1.70. The van der Waals surface area contributed by atoms with Crippen molar-refractivity contribution in [1.82, 2.24) is 4.90 Å². The van der Waals surface area contributed by atoms with Gasteiger partial charge in [0.15, 0.2) is 17.3 Å². The van der Waals surface area contributed by atoms with Crippen LogP contribution in [0, 0.1) is 11.7 Å². The molecule has 32 heavy (non-hydrogen) atoms. The summed E-state index contributed by atoms with van der Waals surface area (Å²) in [5, 5.41) is 0.319. The fourth-order valence-corrected chi connectivity index (χ4v) is 3.81. The molecule has 8 heteroatoms. The molecule has 1 fully saturated rings. The van der Waals surface area contributed by atoms with E-state index in [1.165, 1.54) is 20.1 Å². The van der Waals surface area contributed by atoms with Crippen molar-refractivity contribution in [3.63, 3.8) is 0 Å². The van der Waals surface area contributed by atoms with Gasteiger partial charge >= 0.3 is 0 Å². The molecule has 1 aliphatic rings. The molecule has 1 amide bonds. The Kier molecular flexibility index (Phi) is 7.61. The molecule has 0 N–H and O–H groups in total. The fraction of sp³-hybridized carbons (Fsp3) is 0.417. The van der Waals surface area contributed by atoms with Gasteiger partial charge in [0.2, 0.25) is 0 Å². The van der Waals surface area contributed by atoms with Crippen LogP contribution in [0.3, 0.4) is 0 Å². The normalized spacial score (nSPS) is 14.0. The van der Waals surface area contributed by atoms with Crippen LogP contribution in [0.15, 0.2) is 30.3 Å². The Hall–Kier alpha value is -2.80. The van der Waals surface area contributed by atoms with E-state index in [0.29, 0.717) is 72.0 Å². The van der Waals surface area contributed by atoms with Gasteiger partial charge in [-0.15, -0.1) is 0 Å². The summed E-state index contributed by atoms with van der Waals surface area (Å²) in [6, 6.07) is 7.72. The van der Waals surface area contributed by atoms with Crippen LogP contribution < -0.4 is 14.4 Å². The van der Waals surface area contributed by atoms with Crippen molar-refractivity contribution in [1.29, 1.82) is 0 Å². The molecule has 0 aliphatic carbocycles. The quantitative estimate of drug-likeness (QED) is 0.559. The highest BCUT2D eigenvalue weighted by Crippen LogP contribution is 2.37. The lowest BCUT2D eigenvalue weighted by Gasteiger charge is -2.36. The second-order valence-corrected chi connectivity index (χ2v) is 8.60. The van der Waals surface area contributed by atoms with Crippen LogP contribution >= 0.6 is 11.6 Å². The summed E-state index contributed by atoms with van der Waals surface area (Å²) < 4.78 is 25.6. The monoisotopic (exact) mass is 462 g/mol. The van der Waals surface area contributed by atoms with E-state index in [4.69, 9.17) is 21.1 Å². The molecule has 172 valence electrons. The average Bonchev–Trinajstić information content (AvgIpc) is 2.77. The number of benzene rings is 2. The number of anilines is 1. The van der Waals surface area contributed by atoms with Gasteiger partial charge in [0.1, 0.15) is 5.82 Å². The third kappa shape index (κ3) is 5.33. The maximum Gasteiger partial charge on any atom is 0.254 e. The van der Waals surface area contributed by atoms with Crippen molar-refractivity contribution < 1.29 is 23.5 Å². The largest absolute Gasteiger partial charge is 0.493 e. The molecule has 1 saturated heterocycles. The summed E-state index contributed by atoms with van der Waals surface area (Å²) in [7, 11) is 1.51. The van der Waals surface area contributed by atoms with E-state index in [0.717, 1.165) is 0 Å². The number of methoxy groups -OCH3 is 1. The molecule has 0 unspecified atom stereocenters. The summed E-state index contributed by atoms with van der Waals surface area (Å²) in [5.74, 6) is 0.359. The summed E-state index contributed by atoms with van der Waals surface area (Å²) in [4.78, 5) is 28.1. The summed E-state index contributed by atoms with van der Waals surface area (Å²) in [6.45, 7) is 7.75. The van der Waals surface area contributed by atoms with Crippen LogP contribution in [0.1, 0.15) is 41.5 Å². The number of hydrogen-bond acceptors (Lipinski definition) is 5. The standard InChI is InChI=1S/C24H28ClFN2O4/c1-15(2)14-32-23-19(25)11-18(13-22(23)31-4)24(30)28-9-7-27(8-10-28)21-6-5-17(16(3)29)12-20(21)26/h5-6,11-13,15H,7-10,14H2,1-4H3. The summed E-state index contributed by atoms with van der Waals surface area (Å²) >= 11 is 6.39. The van der Waals surface area contributed by atoms with Gasteiger partial charge in [-0.2, -0.15) is 0 Å². The zero-order valence-corrected chi connectivity index (χ0v) is 19.5. The molecule has 0 saturated carbocycles. The number of nitrogens with zero attached hydrogens (tertiary/aromatic N) is 2. The molecule has 0 bridgehead atoms. The average molecular weight is 463 g/mol. The summed E-state index contributed by atoms with van der Waals surface area (Å²) in [5.41, 5.74) is 1.18. The molecule has 1 heterocycles. The number of amides is 1. The molecule has 2 aromatic rings. The number of hydrogen-bond donors (Lipinski definition) is 0. The Morgan fingerprint density at radius 3 is 2.34 bits per heavy atom. The number of ketones is 1. The zero-order chi connectivity index (χ0) is 23.4. The first-order chi connectivity index (χ1) is 15.2. The Labute approximate surface area is 192 Å². The molecule has 1 aliphatic heterocycles. The first kappa shape index (κ1) is 23.9. The van der Waals surface area contributed by atoms with Gasteiger partial charge in [0, 0.05) is 37.3 Å². The first-order valence-corrected chi connectivity index (χ1v) is 10.9. The molecular weight excluding hydrogens is 435 g/mol. The predicted octanol–water partition coefficient (Wildman–Crippen LogP) is 4.69. The molecular formula is C24H28ClFN2O4. The third-order valence-electron chi connectivity index (χ3n) is 5.30. The van der Waals surface area contributed by atoms with Crippen LogP contribution in [0.2, 0.25) is 5.02 Å². The molecule has 0 aromatic heterocycles. The third-order valence-corrected chi connectivity index (χ3v) is 5.58. The first-order valence-electron chi connectivity index (χ1n) is 10.6. The van der Waals surface area contributed by atoms with Gasteiger partial charge in [-0.1, -0.05) is 25.4 Å². The van der Waals surface area contributed by atoms with Crippen LogP contribution in [-0.2, 0) is 0 Å². The van der Waals surface area contributed by atoms with Crippen molar-refractivity contribution in [2.75, 3.05) is 44.8 Å². The Morgan fingerprint density at radius 2 is 1.78 bits per heavy atom. The van der Waals surface area contributed by atoms with Gasteiger partial charge in [0.05, 0.1) is 24.4 Å². The highest BCUT2D eigenvalue weighted by molar-refractivity contribution is 6.32. The minimum atomic E-state index is -0.439.